The first-order chi connectivity index (χ1) is 9.60. The number of hydrogen-bond donors (Lipinski definition) is 1. The second-order valence-electron chi connectivity index (χ2n) is 4.69. The van der Waals surface area contributed by atoms with Gasteiger partial charge in [-0.05, 0) is 30.7 Å². The normalized spacial score (nSPS) is 15.6. The van der Waals surface area contributed by atoms with Crippen LogP contribution in [0.1, 0.15) is 21.5 Å². The van der Waals surface area contributed by atoms with Crippen molar-refractivity contribution in [2.24, 2.45) is 0 Å². The zero-order valence-electron chi connectivity index (χ0n) is 11.4. The maximum Gasteiger partial charge on any atom is 0.253 e. The summed E-state index contributed by atoms with van der Waals surface area (Å²) in [5.41, 5.74) is 2.28. The number of carbonyl (C=O) groups excluding carboxylic acids is 1. The largest absolute Gasteiger partial charge is 0.384 e. The maximum atomic E-state index is 12.4. The summed E-state index contributed by atoms with van der Waals surface area (Å²) in [6, 6.07) is 5.45. The third kappa shape index (κ3) is 3.69. The summed E-state index contributed by atoms with van der Waals surface area (Å²) in [6.45, 7) is 2.79. The van der Waals surface area contributed by atoms with Crippen LogP contribution in [0, 0.1) is 18.8 Å². The van der Waals surface area contributed by atoms with Crippen molar-refractivity contribution in [1.29, 1.82) is 0 Å². The second kappa shape index (κ2) is 6.69. The van der Waals surface area contributed by atoms with Gasteiger partial charge in [0.1, 0.15) is 6.61 Å². The second-order valence-corrected chi connectivity index (χ2v) is 6.38. The first-order valence-corrected chi connectivity index (χ1v) is 7.94. The third-order valence-corrected chi connectivity index (χ3v) is 4.38. The molecule has 0 bridgehead atoms. The van der Waals surface area contributed by atoms with E-state index in [2.05, 4.69) is 11.8 Å². The van der Waals surface area contributed by atoms with Crippen LogP contribution in [-0.4, -0.2) is 51.3 Å². The fourth-order valence-corrected chi connectivity index (χ4v) is 3.20. The summed E-state index contributed by atoms with van der Waals surface area (Å²) in [6.07, 6.45) is 0. The highest BCUT2D eigenvalue weighted by molar-refractivity contribution is 7.85. The van der Waals surface area contributed by atoms with E-state index in [0.717, 1.165) is 11.1 Å². The minimum atomic E-state index is -0.791. The summed E-state index contributed by atoms with van der Waals surface area (Å²) in [5, 5.41) is 8.73. The highest BCUT2D eigenvalue weighted by Crippen LogP contribution is 2.13. The lowest BCUT2D eigenvalue weighted by molar-refractivity contribution is 0.0771. The monoisotopic (exact) mass is 291 g/mol. The van der Waals surface area contributed by atoms with Crippen LogP contribution in [0.25, 0.3) is 0 Å². The van der Waals surface area contributed by atoms with Crippen molar-refractivity contribution in [1.82, 2.24) is 4.90 Å². The zero-order chi connectivity index (χ0) is 14.5. The van der Waals surface area contributed by atoms with Gasteiger partial charge >= 0.3 is 0 Å². The molecule has 1 amide bonds. The Balaban J connectivity index is 2.21. The molecule has 0 aliphatic carbocycles. The van der Waals surface area contributed by atoms with Crippen LogP contribution in [0.3, 0.4) is 0 Å². The van der Waals surface area contributed by atoms with Crippen molar-refractivity contribution in [2.75, 3.05) is 31.2 Å². The van der Waals surface area contributed by atoms with E-state index in [1.165, 1.54) is 0 Å². The number of aliphatic hydroxyl groups excluding tert-OH is 1. The predicted molar refractivity (Wildman–Crippen MR) is 78.9 cm³/mol. The Morgan fingerprint density at radius 1 is 1.35 bits per heavy atom. The average molecular weight is 291 g/mol. The molecule has 1 aliphatic heterocycles. The number of rotatable bonds is 1. The zero-order valence-corrected chi connectivity index (χ0v) is 12.2. The minimum Gasteiger partial charge on any atom is -0.384 e. The summed E-state index contributed by atoms with van der Waals surface area (Å²) in [7, 11) is -0.791. The van der Waals surface area contributed by atoms with Gasteiger partial charge in [-0.25, -0.2) is 0 Å². The third-order valence-electron chi connectivity index (χ3n) is 3.10. The van der Waals surface area contributed by atoms with Crippen LogP contribution in [0.5, 0.6) is 0 Å². The molecular formula is C15H17NO3S. The van der Waals surface area contributed by atoms with Gasteiger partial charge in [0.15, 0.2) is 0 Å². The fourth-order valence-electron chi connectivity index (χ4n) is 2.14. The van der Waals surface area contributed by atoms with Gasteiger partial charge in [-0.1, -0.05) is 11.8 Å². The molecule has 1 fully saturated rings. The molecule has 0 aromatic heterocycles. The molecule has 106 valence electrons. The van der Waals surface area contributed by atoms with Gasteiger partial charge in [0, 0.05) is 46.5 Å². The van der Waals surface area contributed by atoms with E-state index < -0.39 is 10.8 Å². The molecule has 2 rings (SSSR count). The number of aryl methyl sites for hydroxylation is 1. The lowest BCUT2D eigenvalue weighted by Gasteiger charge is -2.26. The van der Waals surface area contributed by atoms with Crippen molar-refractivity contribution in [2.45, 2.75) is 6.92 Å². The lowest BCUT2D eigenvalue weighted by Crippen LogP contribution is -2.41. The van der Waals surface area contributed by atoms with E-state index in [1.54, 1.807) is 11.0 Å². The molecule has 5 heteroatoms. The Bertz CT molecular complexity index is 591. The summed E-state index contributed by atoms with van der Waals surface area (Å²) < 4.78 is 11.3. The van der Waals surface area contributed by atoms with Crippen LogP contribution in [0.2, 0.25) is 0 Å². The smallest absolute Gasteiger partial charge is 0.253 e. The minimum absolute atomic E-state index is 0.0440. The van der Waals surface area contributed by atoms with Gasteiger partial charge in [0.25, 0.3) is 5.91 Å². The fraction of sp³-hybridized carbons (Fsp3) is 0.400. The Kier molecular flexibility index (Phi) is 4.94. The quantitative estimate of drug-likeness (QED) is 0.769. The number of nitrogens with zero attached hydrogens (tertiary/aromatic N) is 1. The molecule has 0 spiro atoms. The van der Waals surface area contributed by atoms with E-state index in [1.807, 2.05) is 19.1 Å². The predicted octanol–water partition coefficient (Wildman–Crippen LogP) is 0.543. The van der Waals surface area contributed by atoms with Crippen molar-refractivity contribution >= 4 is 16.7 Å². The molecule has 20 heavy (non-hydrogen) atoms. The van der Waals surface area contributed by atoms with E-state index >= 15 is 0 Å². The number of benzene rings is 1. The molecule has 1 aliphatic rings. The molecule has 1 saturated heterocycles. The van der Waals surface area contributed by atoms with E-state index in [4.69, 9.17) is 5.11 Å². The molecule has 4 nitrogen and oxygen atoms in total. The Labute approximate surface area is 121 Å². The molecule has 0 atom stereocenters. The Morgan fingerprint density at radius 2 is 2.05 bits per heavy atom. The Morgan fingerprint density at radius 3 is 2.70 bits per heavy atom. The molecule has 1 N–H and O–H groups in total. The first kappa shape index (κ1) is 14.8. The van der Waals surface area contributed by atoms with Crippen LogP contribution in [0.15, 0.2) is 18.2 Å². The van der Waals surface area contributed by atoms with E-state index in [0.29, 0.717) is 30.2 Å². The number of aliphatic hydroxyl groups is 1. The van der Waals surface area contributed by atoms with Crippen molar-refractivity contribution in [3.8, 4) is 11.8 Å². The van der Waals surface area contributed by atoms with Gasteiger partial charge in [0.2, 0.25) is 0 Å². The number of hydrogen-bond acceptors (Lipinski definition) is 3. The Hall–Kier alpha value is -1.64. The molecule has 0 radical (unpaired) electrons. The molecular weight excluding hydrogens is 274 g/mol. The molecule has 0 unspecified atom stereocenters. The molecule has 1 aromatic rings. The number of amides is 1. The van der Waals surface area contributed by atoms with Crippen LogP contribution in [0.4, 0.5) is 0 Å². The lowest BCUT2D eigenvalue weighted by atomic mass is 10.1. The van der Waals surface area contributed by atoms with E-state index in [9.17, 15) is 9.00 Å². The van der Waals surface area contributed by atoms with Crippen LogP contribution in [-0.2, 0) is 10.8 Å². The SMILES string of the molecule is Cc1cc(C#CCO)cc(C(=O)N2CCS(=O)CC2)c1. The van der Waals surface area contributed by atoms with Crippen LogP contribution >= 0.6 is 0 Å². The molecule has 0 saturated carbocycles. The average Bonchev–Trinajstić information content (AvgIpc) is 2.44. The van der Waals surface area contributed by atoms with Gasteiger partial charge in [-0.15, -0.1) is 0 Å². The molecule has 1 heterocycles. The van der Waals surface area contributed by atoms with Gasteiger partial charge in [-0.2, -0.15) is 0 Å². The maximum absolute atomic E-state index is 12.4. The standard InChI is InChI=1S/C15H17NO3S/c1-12-9-13(3-2-6-17)11-14(10-12)15(18)16-4-7-20(19)8-5-16/h9-11,17H,4-8H2,1H3. The van der Waals surface area contributed by atoms with Gasteiger partial charge < -0.3 is 10.0 Å². The van der Waals surface area contributed by atoms with Crippen molar-refractivity contribution in [3.05, 3.63) is 34.9 Å². The molecule has 1 aromatic carbocycles. The first-order valence-electron chi connectivity index (χ1n) is 6.46. The summed E-state index contributed by atoms with van der Waals surface area (Å²) in [5.74, 6) is 6.46. The number of carbonyl (C=O) groups is 1. The summed E-state index contributed by atoms with van der Waals surface area (Å²) >= 11 is 0. The topological polar surface area (TPSA) is 57.6 Å². The van der Waals surface area contributed by atoms with Crippen LogP contribution < -0.4 is 0 Å². The van der Waals surface area contributed by atoms with Gasteiger partial charge in [-0.3, -0.25) is 9.00 Å². The van der Waals surface area contributed by atoms with Gasteiger partial charge in [0.05, 0.1) is 0 Å². The highest BCUT2D eigenvalue weighted by atomic mass is 32.2. The highest BCUT2D eigenvalue weighted by Gasteiger charge is 2.21. The van der Waals surface area contributed by atoms with Crippen molar-refractivity contribution < 1.29 is 14.1 Å². The van der Waals surface area contributed by atoms with Crippen molar-refractivity contribution in [3.63, 3.8) is 0 Å². The summed E-state index contributed by atoms with van der Waals surface area (Å²) in [4.78, 5) is 14.1. The van der Waals surface area contributed by atoms with E-state index in [-0.39, 0.29) is 12.5 Å².